The minimum atomic E-state index is -1.11. The third-order valence-electron chi connectivity index (χ3n) is 5.02. The highest BCUT2D eigenvalue weighted by molar-refractivity contribution is 5.94. The van der Waals surface area contributed by atoms with Crippen molar-refractivity contribution in [3.05, 3.63) is 83.9 Å². The van der Waals surface area contributed by atoms with E-state index < -0.39 is 11.9 Å². The number of benzene rings is 3. The summed E-state index contributed by atoms with van der Waals surface area (Å²) in [6.07, 6.45) is 3.25. The van der Waals surface area contributed by atoms with E-state index in [1.165, 1.54) is 46.2 Å². The number of carboxylic acid groups (broad SMARTS) is 2. The van der Waals surface area contributed by atoms with Crippen LogP contribution in [0.4, 0.5) is 22.7 Å². The van der Waals surface area contributed by atoms with Crippen LogP contribution in [0.2, 0.25) is 0 Å². The topological polar surface area (TPSA) is 167 Å². The molecule has 3 rings (SSSR count). The quantitative estimate of drug-likeness (QED) is 0.233. The molecule has 0 bridgehead atoms. The number of anilines is 4. The second-order valence-electron chi connectivity index (χ2n) is 7.46. The summed E-state index contributed by atoms with van der Waals surface area (Å²) >= 11 is 0. The molecule has 0 saturated heterocycles. The first-order valence-corrected chi connectivity index (χ1v) is 11.0. The van der Waals surface area contributed by atoms with Crippen LogP contribution in [0, 0.1) is 0 Å². The smallest absolute Gasteiger partial charge is 0.335 e. The fourth-order valence-corrected chi connectivity index (χ4v) is 3.18. The first-order chi connectivity index (χ1) is 17.4. The van der Waals surface area contributed by atoms with E-state index in [9.17, 15) is 19.2 Å². The normalized spacial score (nSPS) is 9.94. The Morgan fingerprint density at radius 3 is 1.28 bits per heavy atom. The zero-order valence-electron chi connectivity index (χ0n) is 19.5. The maximum absolute atomic E-state index is 11.6. The summed E-state index contributed by atoms with van der Waals surface area (Å²) in [5.74, 6) is -2.22. The highest BCUT2D eigenvalue weighted by Gasteiger charge is 2.14. The molecule has 0 radical (unpaired) electrons. The molecule has 36 heavy (non-hydrogen) atoms. The zero-order valence-corrected chi connectivity index (χ0v) is 19.5. The molecule has 10 heteroatoms. The number of carboxylic acids is 2. The van der Waals surface area contributed by atoms with Gasteiger partial charge in [-0.1, -0.05) is 12.1 Å². The van der Waals surface area contributed by atoms with Crippen molar-refractivity contribution in [3.63, 3.8) is 0 Å². The van der Waals surface area contributed by atoms with Crippen LogP contribution in [-0.2, 0) is 9.59 Å². The van der Waals surface area contributed by atoms with E-state index in [0.29, 0.717) is 35.6 Å². The van der Waals surface area contributed by atoms with Crippen molar-refractivity contribution in [2.24, 2.45) is 11.5 Å². The summed E-state index contributed by atoms with van der Waals surface area (Å²) < 4.78 is 0. The Kier molecular flexibility index (Phi) is 10.8. The number of nitrogens with two attached hydrogens (primary N) is 2. The fourth-order valence-electron chi connectivity index (χ4n) is 3.18. The summed E-state index contributed by atoms with van der Waals surface area (Å²) in [6.45, 7) is 1.55. The number of unbranched alkanes of at least 4 members (excludes halogenated alkanes) is 1. The molecular formula is C26H28N4O6. The Morgan fingerprint density at radius 1 is 0.639 bits per heavy atom. The molecule has 10 nitrogen and oxygen atoms in total. The number of amides is 2. The van der Waals surface area contributed by atoms with Gasteiger partial charge in [-0.2, -0.15) is 0 Å². The molecule has 188 valence electrons. The van der Waals surface area contributed by atoms with Gasteiger partial charge in [-0.05, 0) is 86.6 Å². The summed E-state index contributed by atoms with van der Waals surface area (Å²) in [7, 11) is 0. The molecule has 0 atom stereocenters. The Balaban J connectivity index is 0.000000678. The van der Waals surface area contributed by atoms with E-state index in [-0.39, 0.29) is 11.1 Å². The molecule has 0 saturated carbocycles. The molecule has 3 aromatic rings. The number of hydrogen-bond acceptors (Lipinski definition) is 6. The standard InChI is InChI=1S/C22H16N2O6.C4H12N2/c25-13-23(19-5-1-3-15(11-19)21(27)28)17-7-9-18(10-8-17)24(14-26)20-6-2-4-16(12-20)22(29)30;5-3-1-2-4-6/h1-14H,(H,27,28)(H,29,30);1-6H2. The number of carbonyl (C=O) groups excluding carboxylic acids is 2. The number of carbonyl (C=O) groups is 4. The molecule has 0 aliphatic heterocycles. The maximum atomic E-state index is 11.6. The molecule has 0 spiro atoms. The van der Waals surface area contributed by atoms with Gasteiger partial charge in [-0.25, -0.2) is 9.59 Å². The van der Waals surface area contributed by atoms with E-state index in [0.717, 1.165) is 25.9 Å². The van der Waals surface area contributed by atoms with E-state index in [1.807, 2.05) is 0 Å². The molecule has 0 aromatic heterocycles. The highest BCUT2D eigenvalue weighted by Crippen LogP contribution is 2.30. The summed E-state index contributed by atoms with van der Waals surface area (Å²) in [6, 6.07) is 18.2. The molecule has 0 fully saturated rings. The number of rotatable bonds is 11. The van der Waals surface area contributed by atoms with Gasteiger partial charge in [-0.15, -0.1) is 0 Å². The lowest BCUT2D eigenvalue weighted by atomic mass is 10.1. The molecule has 3 aromatic carbocycles. The van der Waals surface area contributed by atoms with Crippen molar-refractivity contribution in [3.8, 4) is 0 Å². The second-order valence-corrected chi connectivity index (χ2v) is 7.46. The number of hydrogen-bond donors (Lipinski definition) is 4. The first kappa shape index (κ1) is 27.7. The van der Waals surface area contributed by atoms with Crippen LogP contribution in [0.1, 0.15) is 33.6 Å². The van der Waals surface area contributed by atoms with Crippen LogP contribution in [0.25, 0.3) is 0 Å². The Morgan fingerprint density at radius 2 is 1.00 bits per heavy atom. The molecule has 0 aliphatic rings. The zero-order chi connectivity index (χ0) is 26.5. The average Bonchev–Trinajstić information content (AvgIpc) is 2.90. The predicted octanol–water partition coefficient (Wildman–Crippen LogP) is 3.36. The minimum Gasteiger partial charge on any atom is -0.478 e. The third kappa shape index (κ3) is 7.49. The molecule has 2 amide bonds. The van der Waals surface area contributed by atoms with E-state index in [4.69, 9.17) is 21.7 Å². The van der Waals surface area contributed by atoms with Crippen molar-refractivity contribution in [1.82, 2.24) is 0 Å². The van der Waals surface area contributed by atoms with Crippen LogP contribution in [0.3, 0.4) is 0 Å². The van der Waals surface area contributed by atoms with Gasteiger partial charge in [0.15, 0.2) is 0 Å². The molecule has 0 unspecified atom stereocenters. The third-order valence-corrected chi connectivity index (χ3v) is 5.02. The first-order valence-electron chi connectivity index (χ1n) is 11.0. The van der Waals surface area contributed by atoms with Gasteiger partial charge in [0.1, 0.15) is 0 Å². The Labute approximate surface area is 208 Å². The summed E-state index contributed by atoms with van der Waals surface area (Å²) in [4.78, 5) is 48.2. The fraction of sp³-hybridized carbons (Fsp3) is 0.154. The van der Waals surface area contributed by atoms with Crippen molar-refractivity contribution in [2.45, 2.75) is 12.8 Å². The number of aromatic carboxylic acids is 2. The molecule has 0 aliphatic carbocycles. The van der Waals surface area contributed by atoms with Gasteiger partial charge in [0.2, 0.25) is 12.8 Å². The lowest BCUT2D eigenvalue weighted by molar-refractivity contribution is -0.107. The van der Waals surface area contributed by atoms with Crippen molar-refractivity contribution >= 4 is 47.5 Å². The van der Waals surface area contributed by atoms with Crippen LogP contribution < -0.4 is 21.3 Å². The van der Waals surface area contributed by atoms with Crippen LogP contribution in [0.5, 0.6) is 0 Å². The van der Waals surface area contributed by atoms with Crippen LogP contribution in [0.15, 0.2) is 72.8 Å². The largest absolute Gasteiger partial charge is 0.478 e. The van der Waals surface area contributed by atoms with Crippen molar-refractivity contribution < 1.29 is 29.4 Å². The maximum Gasteiger partial charge on any atom is 0.335 e. The van der Waals surface area contributed by atoms with Crippen molar-refractivity contribution in [1.29, 1.82) is 0 Å². The Bertz CT molecular complexity index is 1090. The minimum absolute atomic E-state index is 0.0430. The molecule has 0 heterocycles. The van der Waals surface area contributed by atoms with Gasteiger partial charge in [0, 0.05) is 22.7 Å². The van der Waals surface area contributed by atoms with Gasteiger partial charge < -0.3 is 21.7 Å². The predicted molar refractivity (Wildman–Crippen MR) is 137 cm³/mol. The van der Waals surface area contributed by atoms with Crippen LogP contribution >= 0.6 is 0 Å². The highest BCUT2D eigenvalue weighted by atomic mass is 16.4. The Hall–Kier alpha value is -4.54. The number of nitrogens with zero attached hydrogens (tertiary/aromatic N) is 2. The summed E-state index contributed by atoms with van der Waals surface area (Å²) in [5, 5.41) is 18.3. The van der Waals surface area contributed by atoms with Gasteiger partial charge in [-0.3, -0.25) is 19.4 Å². The monoisotopic (exact) mass is 492 g/mol. The van der Waals surface area contributed by atoms with Gasteiger partial charge in [0.25, 0.3) is 0 Å². The SMILES string of the molecule is NCCCCN.O=CN(c1ccc(N(C=O)c2cccc(C(=O)O)c2)cc1)c1cccc(C(=O)O)c1. The molecule has 6 N–H and O–H groups in total. The average molecular weight is 493 g/mol. The van der Waals surface area contributed by atoms with Crippen molar-refractivity contribution in [2.75, 3.05) is 22.9 Å². The van der Waals surface area contributed by atoms with E-state index >= 15 is 0 Å². The van der Waals surface area contributed by atoms with Crippen LogP contribution in [-0.4, -0.2) is 48.1 Å². The van der Waals surface area contributed by atoms with Gasteiger partial charge >= 0.3 is 11.9 Å². The van der Waals surface area contributed by atoms with E-state index in [1.54, 1.807) is 36.4 Å². The van der Waals surface area contributed by atoms with E-state index in [2.05, 4.69) is 0 Å². The molecular weight excluding hydrogens is 464 g/mol. The second kappa shape index (κ2) is 14.0. The summed E-state index contributed by atoms with van der Waals surface area (Å²) in [5.41, 5.74) is 12.1. The lowest BCUT2D eigenvalue weighted by Crippen LogP contribution is -2.16. The lowest BCUT2D eigenvalue weighted by Gasteiger charge is -2.21. The van der Waals surface area contributed by atoms with Gasteiger partial charge in [0.05, 0.1) is 11.1 Å².